The Balaban J connectivity index is 1.44. The van der Waals surface area contributed by atoms with Crippen LogP contribution in [-0.2, 0) is 4.79 Å². The molecule has 3 heterocycles. The monoisotopic (exact) mass is 328 g/mol. The van der Waals surface area contributed by atoms with Gasteiger partial charge in [0.25, 0.3) is 0 Å². The molecule has 0 radical (unpaired) electrons. The van der Waals surface area contributed by atoms with Gasteiger partial charge in [0.15, 0.2) is 0 Å². The van der Waals surface area contributed by atoms with E-state index in [1.807, 2.05) is 29.0 Å². The summed E-state index contributed by atoms with van der Waals surface area (Å²) in [5.74, 6) is 0.0782. The number of amides is 3. The van der Waals surface area contributed by atoms with Gasteiger partial charge in [0.1, 0.15) is 0 Å². The first-order chi connectivity index (χ1) is 11.6. The van der Waals surface area contributed by atoms with Crippen LogP contribution < -0.4 is 5.32 Å². The van der Waals surface area contributed by atoms with Crippen molar-refractivity contribution in [3.8, 4) is 0 Å². The SMILES string of the molecule is CN1C(=O)[C@@H](c2cccnc2)CC12CCN(C(=O)NC1CC1)CC2. The highest BCUT2D eigenvalue weighted by Gasteiger charge is 2.51. The maximum absolute atomic E-state index is 12.8. The molecule has 1 aromatic rings. The Hall–Kier alpha value is -2.11. The standard InChI is InChI=1S/C18H24N4O2/c1-21-16(23)15(13-3-2-8-19-12-13)11-18(21)6-9-22(10-7-18)17(24)20-14-4-5-14/h2-3,8,12,14-15H,4-7,9-11H2,1H3,(H,20,24)/t15-/m1/s1. The number of urea groups is 1. The zero-order valence-electron chi connectivity index (χ0n) is 14.1. The zero-order chi connectivity index (χ0) is 16.7. The molecule has 1 saturated carbocycles. The zero-order valence-corrected chi connectivity index (χ0v) is 14.1. The fourth-order valence-electron chi connectivity index (χ4n) is 4.07. The summed E-state index contributed by atoms with van der Waals surface area (Å²) in [7, 11) is 1.92. The molecule has 6 nitrogen and oxygen atoms in total. The van der Waals surface area contributed by atoms with Gasteiger partial charge in [0.05, 0.1) is 5.92 Å². The maximum Gasteiger partial charge on any atom is 0.317 e. The van der Waals surface area contributed by atoms with Crippen molar-refractivity contribution in [3.63, 3.8) is 0 Å². The molecule has 0 unspecified atom stereocenters. The van der Waals surface area contributed by atoms with Gasteiger partial charge >= 0.3 is 6.03 Å². The van der Waals surface area contributed by atoms with Crippen LogP contribution in [0.2, 0.25) is 0 Å². The Bertz CT molecular complexity index is 636. The minimum absolute atomic E-state index is 0.0585. The first-order valence-corrected chi connectivity index (χ1v) is 8.82. The quantitative estimate of drug-likeness (QED) is 0.899. The number of rotatable bonds is 2. The maximum atomic E-state index is 12.8. The van der Waals surface area contributed by atoms with Crippen molar-refractivity contribution in [1.29, 1.82) is 0 Å². The van der Waals surface area contributed by atoms with Crippen LogP contribution in [0, 0.1) is 0 Å². The fourth-order valence-corrected chi connectivity index (χ4v) is 4.07. The van der Waals surface area contributed by atoms with Crippen LogP contribution in [0.25, 0.3) is 0 Å². The van der Waals surface area contributed by atoms with E-state index < -0.39 is 0 Å². The fraction of sp³-hybridized carbons (Fsp3) is 0.611. The number of likely N-dealkylation sites (N-methyl/N-ethyl adjacent to an activating group) is 1. The molecule has 0 aromatic carbocycles. The summed E-state index contributed by atoms with van der Waals surface area (Å²) >= 11 is 0. The Kier molecular flexibility index (Phi) is 3.70. The van der Waals surface area contributed by atoms with E-state index in [1.54, 1.807) is 12.4 Å². The number of pyridine rings is 1. The highest BCUT2D eigenvalue weighted by atomic mass is 16.2. The second kappa shape index (κ2) is 5.76. The Morgan fingerprint density at radius 3 is 2.71 bits per heavy atom. The largest absolute Gasteiger partial charge is 0.339 e. The van der Waals surface area contributed by atoms with Crippen molar-refractivity contribution in [2.24, 2.45) is 0 Å². The van der Waals surface area contributed by atoms with E-state index in [2.05, 4.69) is 10.3 Å². The second-order valence-electron chi connectivity index (χ2n) is 7.38. The van der Waals surface area contributed by atoms with Gasteiger partial charge in [-0.2, -0.15) is 0 Å². The smallest absolute Gasteiger partial charge is 0.317 e. The molecular formula is C18H24N4O2. The van der Waals surface area contributed by atoms with E-state index in [0.717, 1.165) is 50.8 Å². The van der Waals surface area contributed by atoms with E-state index in [4.69, 9.17) is 0 Å². The van der Waals surface area contributed by atoms with Crippen LogP contribution in [-0.4, -0.2) is 58.4 Å². The van der Waals surface area contributed by atoms with Crippen LogP contribution in [0.5, 0.6) is 0 Å². The number of nitrogens with zero attached hydrogens (tertiary/aromatic N) is 3. The lowest BCUT2D eigenvalue weighted by Crippen LogP contribution is -2.54. The summed E-state index contributed by atoms with van der Waals surface area (Å²) in [6.45, 7) is 1.44. The minimum Gasteiger partial charge on any atom is -0.339 e. The van der Waals surface area contributed by atoms with Crippen LogP contribution >= 0.6 is 0 Å². The molecule has 2 aliphatic heterocycles. The number of hydrogen-bond acceptors (Lipinski definition) is 3. The average Bonchev–Trinajstić information content (AvgIpc) is 3.39. The predicted molar refractivity (Wildman–Crippen MR) is 89.5 cm³/mol. The molecule has 1 spiro atoms. The highest BCUT2D eigenvalue weighted by molar-refractivity contribution is 5.87. The molecule has 6 heteroatoms. The van der Waals surface area contributed by atoms with Gasteiger partial charge in [-0.15, -0.1) is 0 Å². The topological polar surface area (TPSA) is 65.5 Å². The molecule has 1 aliphatic carbocycles. The van der Waals surface area contributed by atoms with Crippen molar-refractivity contribution in [2.75, 3.05) is 20.1 Å². The molecule has 3 aliphatic rings. The van der Waals surface area contributed by atoms with E-state index >= 15 is 0 Å². The van der Waals surface area contributed by atoms with Crippen molar-refractivity contribution in [1.82, 2.24) is 20.1 Å². The number of likely N-dealkylation sites (tertiary alicyclic amines) is 2. The number of hydrogen-bond donors (Lipinski definition) is 1. The summed E-state index contributed by atoms with van der Waals surface area (Å²) in [4.78, 5) is 33.0. The first kappa shape index (κ1) is 15.4. The van der Waals surface area contributed by atoms with E-state index in [0.29, 0.717) is 6.04 Å². The second-order valence-corrected chi connectivity index (χ2v) is 7.38. The van der Waals surface area contributed by atoms with Gasteiger partial charge in [0.2, 0.25) is 5.91 Å². The van der Waals surface area contributed by atoms with E-state index in [-0.39, 0.29) is 23.4 Å². The molecule has 3 fully saturated rings. The van der Waals surface area contributed by atoms with Crippen LogP contribution in [0.4, 0.5) is 4.79 Å². The third-order valence-corrected chi connectivity index (χ3v) is 5.90. The molecular weight excluding hydrogens is 304 g/mol. The van der Waals surface area contributed by atoms with Gasteiger partial charge in [-0.1, -0.05) is 6.07 Å². The summed E-state index contributed by atoms with van der Waals surface area (Å²) in [6.07, 6.45) is 8.27. The number of piperidine rings is 1. The van der Waals surface area contributed by atoms with Crippen molar-refractivity contribution < 1.29 is 9.59 Å². The number of carbonyl (C=O) groups excluding carboxylic acids is 2. The molecule has 128 valence electrons. The summed E-state index contributed by atoms with van der Waals surface area (Å²) in [6, 6.07) is 4.32. The minimum atomic E-state index is -0.117. The molecule has 0 bridgehead atoms. The third-order valence-electron chi connectivity index (χ3n) is 5.90. The van der Waals surface area contributed by atoms with Crippen molar-refractivity contribution >= 4 is 11.9 Å². The molecule has 2 saturated heterocycles. The van der Waals surface area contributed by atoms with E-state index in [9.17, 15) is 9.59 Å². The van der Waals surface area contributed by atoms with Gasteiger partial charge in [0, 0.05) is 44.1 Å². The lowest BCUT2D eigenvalue weighted by molar-refractivity contribution is -0.131. The van der Waals surface area contributed by atoms with Crippen LogP contribution in [0.15, 0.2) is 24.5 Å². The number of carbonyl (C=O) groups is 2. The Morgan fingerprint density at radius 1 is 1.33 bits per heavy atom. The Morgan fingerprint density at radius 2 is 2.08 bits per heavy atom. The molecule has 4 rings (SSSR count). The van der Waals surface area contributed by atoms with Crippen molar-refractivity contribution in [2.45, 2.75) is 49.6 Å². The summed E-state index contributed by atoms with van der Waals surface area (Å²) in [5, 5.41) is 3.06. The van der Waals surface area contributed by atoms with Crippen molar-refractivity contribution in [3.05, 3.63) is 30.1 Å². The van der Waals surface area contributed by atoms with Gasteiger partial charge in [-0.05, 0) is 43.7 Å². The molecule has 24 heavy (non-hydrogen) atoms. The lowest BCUT2D eigenvalue weighted by Gasteiger charge is -2.43. The third kappa shape index (κ3) is 2.64. The summed E-state index contributed by atoms with van der Waals surface area (Å²) in [5.41, 5.74) is 0.883. The normalized spacial score (nSPS) is 26.0. The molecule has 3 amide bonds. The Labute approximate surface area is 142 Å². The van der Waals surface area contributed by atoms with Crippen LogP contribution in [0.1, 0.15) is 43.6 Å². The highest BCUT2D eigenvalue weighted by Crippen LogP contribution is 2.44. The van der Waals surface area contributed by atoms with Gasteiger partial charge < -0.3 is 15.1 Å². The number of nitrogens with one attached hydrogen (secondary N) is 1. The van der Waals surface area contributed by atoms with Gasteiger partial charge in [-0.3, -0.25) is 9.78 Å². The molecule has 1 aromatic heterocycles. The molecule has 1 N–H and O–H groups in total. The predicted octanol–water partition coefficient (Wildman–Crippen LogP) is 1.73. The van der Waals surface area contributed by atoms with E-state index in [1.165, 1.54) is 0 Å². The summed E-state index contributed by atoms with van der Waals surface area (Å²) < 4.78 is 0. The average molecular weight is 328 g/mol. The first-order valence-electron chi connectivity index (χ1n) is 8.82. The van der Waals surface area contributed by atoms with Crippen LogP contribution in [0.3, 0.4) is 0 Å². The lowest BCUT2D eigenvalue weighted by atomic mass is 9.81. The molecule has 1 atom stereocenters. The van der Waals surface area contributed by atoms with Gasteiger partial charge in [-0.25, -0.2) is 4.79 Å². The number of aromatic nitrogens is 1.